The number of ether oxygens (including phenoxy) is 3. The molecule has 1 aromatic heterocycles. The number of nitrogens with zero attached hydrogens (tertiary/aromatic N) is 1. The molecule has 4 atom stereocenters. The van der Waals surface area contributed by atoms with Gasteiger partial charge in [-0.3, -0.25) is 14.3 Å². The molecular weight excluding hydrogens is 398 g/mol. The fourth-order valence-electron chi connectivity index (χ4n) is 2.66. The SMILES string of the molecule is CC1(C)O[C@@H]2[C@@H](O1)[C@@H](n1cc(F)c(=O)[nH]c1=O)O[C@H]2CI. The molecule has 2 fully saturated rings. The molecule has 0 aliphatic carbocycles. The first-order chi connectivity index (χ1) is 9.82. The van der Waals surface area contributed by atoms with Crippen LogP contribution in [0.5, 0.6) is 0 Å². The summed E-state index contributed by atoms with van der Waals surface area (Å²) in [6, 6.07) is 0. The predicted octanol–water partition coefficient (Wildman–Crippen LogP) is 0.528. The van der Waals surface area contributed by atoms with Gasteiger partial charge in [0.15, 0.2) is 12.0 Å². The van der Waals surface area contributed by atoms with Crippen molar-refractivity contribution in [1.82, 2.24) is 9.55 Å². The minimum atomic E-state index is -1.06. The van der Waals surface area contributed by atoms with E-state index in [4.69, 9.17) is 14.2 Å². The predicted molar refractivity (Wildman–Crippen MR) is 77.9 cm³/mol. The Morgan fingerprint density at radius 3 is 2.71 bits per heavy atom. The smallest absolute Gasteiger partial charge is 0.330 e. The molecule has 2 aliphatic rings. The lowest BCUT2D eigenvalue weighted by Gasteiger charge is -2.24. The molecule has 0 unspecified atom stereocenters. The van der Waals surface area contributed by atoms with Gasteiger partial charge in [-0.2, -0.15) is 4.39 Å². The summed E-state index contributed by atoms with van der Waals surface area (Å²) in [5, 5.41) is 0. The standard InChI is InChI=1S/C12H14FIN2O5/c1-12(2)20-7-6(3-14)19-10(8(7)21-12)16-4-5(13)9(17)15-11(16)18/h4,6-8,10H,3H2,1-2H3,(H,15,17,18)/t6-,7-,8+,10-/m0/s1. The van der Waals surface area contributed by atoms with Gasteiger partial charge in [0.1, 0.15) is 12.2 Å². The lowest BCUT2D eigenvalue weighted by Crippen LogP contribution is -2.38. The quantitative estimate of drug-likeness (QED) is 0.566. The van der Waals surface area contributed by atoms with Crippen LogP contribution in [0.1, 0.15) is 20.1 Å². The second-order valence-electron chi connectivity index (χ2n) is 5.43. The topological polar surface area (TPSA) is 82.5 Å². The van der Waals surface area contributed by atoms with Gasteiger partial charge in [-0.25, -0.2) is 4.79 Å². The molecule has 0 saturated carbocycles. The van der Waals surface area contributed by atoms with E-state index >= 15 is 0 Å². The fraction of sp³-hybridized carbons (Fsp3) is 0.667. The Bertz CT molecular complexity index is 672. The number of H-pyrrole nitrogens is 1. The van der Waals surface area contributed by atoms with Crippen molar-refractivity contribution < 1.29 is 18.6 Å². The Balaban J connectivity index is 2.01. The van der Waals surface area contributed by atoms with Crippen LogP contribution in [0, 0.1) is 5.82 Å². The Labute approximate surface area is 132 Å². The van der Waals surface area contributed by atoms with Crippen molar-refractivity contribution in [1.29, 1.82) is 0 Å². The molecule has 7 nitrogen and oxygen atoms in total. The van der Waals surface area contributed by atoms with Crippen LogP contribution in [0.4, 0.5) is 4.39 Å². The third-order valence-corrected chi connectivity index (χ3v) is 4.34. The highest BCUT2D eigenvalue weighted by Crippen LogP contribution is 2.42. The Kier molecular flexibility index (Phi) is 3.71. The van der Waals surface area contributed by atoms with Gasteiger partial charge < -0.3 is 14.2 Å². The van der Waals surface area contributed by atoms with E-state index in [-0.39, 0.29) is 12.2 Å². The highest BCUT2D eigenvalue weighted by atomic mass is 127. The molecule has 0 aromatic carbocycles. The lowest BCUT2D eigenvalue weighted by molar-refractivity contribution is -0.194. The van der Waals surface area contributed by atoms with Crippen LogP contribution in [-0.4, -0.2) is 38.1 Å². The van der Waals surface area contributed by atoms with E-state index in [2.05, 4.69) is 22.6 Å². The zero-order valence-electron chi connectivity index (χ0n) is 11.3. The number of fused-ring (bicyclic) bond motifs is 1. The number of aromatic amines is 1. The average Bonchev–Trinajstić information content (AvgIpc) is 2.87. The van der Waals surface area contributed by atoms with Crippen LogP contribution in [0.2, 0.25) is 0 Å². The summed E-state index contributed by atoms with van der Waals surface area (Å²) in [6.07, 6.45) is -1.15. The minimum absolute atomic E-state index is 0.274. The number of rotatable bonds is 2. The van der Waals surface area contributed by atoms with Crippen LogP contribution in [0.3, 0.4) is 0 Å². The van der Waals surface area contributed by atoms with Crippen molar-refractivity contribution in [2.45, 2.75) is 44.2 Å². The van der Waals surface area contributed by atoms with E-state index in [0.29, 0.717) is 4.43 Å². The maximum Gasteiger partial charge on any atom is 0.330 e. The summed E-state index contributed by atoms with van der Waals surface area (Å²) in [4.78, 5) is 24.9. The molecule has 21 heavy (non-hydrogen) atoms. The van der Waals surface area contributed by atoms with Gasteiger partial charge in [0.25, 0.3) is 5.56 Å². The zero-order valence-corrected chi connectivity index (χ0v) is 13.5. The minimum Gasteiger partial charge on any atom is -0.348 e. The van der Waals surface area contributed by atoms with Gasteiger partial charge in [0.2, 0.25) is 5.82 Å². The molecular formula is C12H14FIN2O5. The van der Waals surface area contributed by atoms with Gasteiger partial charge in [-0.05, 0) is 13.8 Å². The van der Waals surface area contributed by atoms with Crippen molar-refractivity contribution in [2.24, 2.45) is 0 Å². The number of alkyl halides is 1. The van der Waals surface area contributed by atoms with Gasteiger partial charge in [0, 0.05) is 4.43 Å². The summed E-state index contributed by atoms with van der Waals surface area (Å²) in [5.74, 6) is -1.85. The van der Waals surface area contributed by atoms with Crippen molar-refractivity contribution in [3.8, 4) is 0 Å². The first kappa shape index (κ1) is 15.1. The van der Waals surface area contributed by atoms with E-state index in [1.54, 1.807) is 13.8 Å². The van der Waals surface area contributed by atoms with Crippen molar-refractivity contribution in [3.63, 3.8) is 0 Å². The second kappa shape index (κ2) is 5.14. The van der Waals surface area contributed by atoms with Crippen LogP contribution >= 0.6 is 22.6 Å². The number of hydrogen-bond acceptors (Lipinski definition) is 5. The van der Waals surface area contributed by atoms with Gasteiger partial charge >= 0.3 is 5.69 Å². The Morgan fingerprint density at radius 1 is 1.38 bits per heavy atom. The average molecular weight is 412 g/mol. The van der Waals surface area contributed by atoms with E-state index in [1.807, 2.05) is 4.98 Å². The lowest BCUT2D eigenvalue weighted by atomic mass is 10.1. The molecule has 2 aliphatic heterocycles. The molecule has 3 rings (SSSR count). The molecule has 0 spiro atoms. The van der Waals surface area contributed by atoms with Gasteiger partial charge in [0.05, 0.1) is 12.3 Å². The third-order valence-electron chi connectivity index (χ3n) is 3.48. The summed E-state index contributed by atoms with van der Waals surface area (Å²) in [6.45, 7) is 3.53. The number of halogens is 2. The van der Waals surface area contributed by atoms with Crippen LogP contribution < -0.4 is 11.2 Å². The Hall–Kier alpha value is -0.780. The number of nitrogens with one attached hydrogen (secondary N) is 1. The molecule has 2 saturated heterocycles. The molecule has 9 heteroatoms. The van der Waals surface area contributed by atoms with E-state index in [9.17, 15) is 14.0 Å². The summed E-state index contributed by atoms with van der Waals surface area (Å²) in [5.41, 5.74) is -1.80. The summed E-state index contributed by atoms with van der Waals surface area (Å²) in [7, 11) is 0. The van der Waals surface area contributed by atoms with Gasteiger partial charge in [-0.1, -0.05) is 22.6 Å². The summed E-state index contributed by atoms with van der Waals surface area (Å²) >= 11 is 2.15. The molecule has 0 amide bonds. The zero-order chi connectivity index (χ0) is 15.4. The molecule has 0 radical (unpaired) electrons. The maximum atomic E-state index is 13.5. The molecule has 3 heterocycles. The maximum absolute atomic E-state index is 13.5. The van der Waals surface area contributed by atoms with E-state index < -0.39 is 35.2 Å². The summed E-state index contributed by atoms with van der Waals surface area (Å²) < 4.78 is 32.4. The normalized spacial score (nSPS) is 34.1. The third kappa shape index (κ3) is 2.56. The largest absolute Gasteiger partial charge is 0.348 e. The first-order valence-electron chi connectivity index (χ1n) is 6.40. The van der Waals surface area contributed by atoms with Crippen LogP contribution in [0.15, 0.2) is 15.8 Å². The van der Waals surface area contributed by atoms with E-state index in [1.165, 1.54) is 0 Å². The second-order valence-corrected chi connectivity index (χ2v) is 6.31. The van der Waals surface area contributed by atoms with Crippen molar-refractivity contribution in [3.05, 3.63) is 32.9 Å². The van der Waals surface area contributed by atoms with Gasteiger partial charge in [-0.15, -0.1) is 0 Å². The fourth-order valence-corrected chi connectivity index (χ4v) is 3.37. The Morgan fingerprint density at radius 2 is 2.05 bits per heavy atom. The number of hydrogen-bond donors (Lipinski definition) is 1. The van der Waals surface area contributed by atoms with Crippen molar-refractivity contribution >= 4 is 22.6 Å². The van der Waals surface area contributed by atoms with Crippen LogP contribution in [0.25, 0.3) is 0 Å². The van der Waals surface area contributed by atoms with Crippen LogP contribution in [-0.2, 0) is 14.2 Å². The highest BCUT2D eigenvalue weighted by molar-refractivity contribution is 14.1. The highest BCUT2D eigenvalue weighted by Gasteiger charge is 2.55. The monoisotopic (exact) mass is 412 g/mol. The molecule has 0 bridgehead atoms. The van der Waals surface area contributed by atoms with E-state index in [0.717, 1.165) is 10.8 Å². The van der Waals surface area contributed by atoms with Crippen molar-refractivity contribution in [2.75, 3.05) is 4.43 Å². The first-order valence-corrected chi connectivity index (χ1v) is 7.93. The molecule has 116 valence electrons. The molecule has 1 N–H and O–H groups in total. The molecule has 1 aromatic rings. The number of aromatic nitrogens is 2.